The zero-order valence-electron chi connectivity index (χ0n) is 10.6. The highest BCUT2D eigenvalue weighted by Gasteiger charge is 2.08. The number of aromatic amines is 1. The Morgan fingerprint density at radius 1 is 1.42 bits per heavy atom. The summed E-state index contributed by atoms with van der Waals surface area (Å²) in [6.45, 7) is 2.10. The van der Waals surface area contributed by atoms with Crippen LogP contribution in [0.5, 0.6) is 0 Å². The van der Waals surface area contributed by atoms with Crippen LogP contribution in [0.1, 0.15) is 5.56 Å². The standard InChI is InChI=1S/C13H13BrN4S/c1-8-3-4-9-10(5-8)15-7-12(9)19-17-11-6-16-18(2)13(11)14/h3-7,15,17H,1-2H3. The summed E-state index contributed by atoms with van der Waals surface area (Å²) in [5, 5.41) is 5.40. The van der Waals surface area contributed by atoms with Crippen LogP contribution in [-0.2, 0) is 7.05 Å². The Labute approximate surface area is 123 Å². The molecule has 0 aliphatic heterocycles. The first kappa shape index (κ1) is 12.6. The summed E-state index contributed by atoms with van der Waals surface area (Å²) in [4.78, 5) is 4.46. The molecule has 3 aromatic rings. The molecule has 2 heterocycles. The number of aryl methyl sites for hydroxylation is 2. The van der Waals surface area contributed by atoms with Gasteiger partial charge in [-0.1, -0.05) is 12.1 Å². The molecule has 6 heteroatoms. The molecule has 0 amide bonds. The van der Waals surface area contributed by atoms with Crippen molar-refractivity contribution in [2.75, 3.05) is 4.72 Å². The first-order chi connectivity index (χ1) is 9.15. The molecule has 0 saturated carbocycles. The Morgan fingerprint density at radius 3 is 3.00 bits per heavy atom. The fourth-order valence-corrected chi connectivity index (χ4v) is 3.10. The van der Waals surface area contributed by atoms with Gasteiger partial charge in [0.05, 0.1) is 16.8 Å². The van der Waals surface area contributed by atoms with Crippen molar-refractivity contribution in [1.29, 1.82) is 0 Å². The van der Waals surface area contributed by atoms with E-state index in [0.717, 1.165) is 15.8 Å². The van der Waals surface area contributed by atoms with Gasteiger partial charge in [0.2, 0.25) is 0 Å². The first-order valence-electron chi connectivity index (χ1n) is 5.83. The van der Waals surface area contributed by atoms with Crippen LogP contribution in [0.2, 0.25) is 0 Å². The maximum Gasteiger partial charge on any atom is 0.127 e. The molecule has 2 N–H and O–H groups in total. The van der Waals surface area contributed by atoms with E-state index in [1.165, 1.54) is 15.8 Å². The van der Waals surface area contributed by atoms with Crippen molar-refractivity contribution in [3.8, 4) is 0 Å². The van der Waals surface area contributed by atoms with E-state index in [1.54, 1.807) is 22.8 Å². The lowest BCUT2D eigenvalue weighted by molar-refractivity contribution is 0.750. The number of halogens is 1. The van der Waals surface area contributed by atoms with Gasteiger partial charge in [-0.05, 0) is 46.4 Å². The molecule has 98 valence electrons. The van der Waals surface area contributed by atoms with Crippen molar-refractivity contribution in [2.24, 2.45) is 7.05 Å². The minimum atomic E-state index is 0.940. The number of hydrogen-bond donors (Lipinski definition) is 2. The minimum Gasteiger partial charge on any atom is -0.360 e. The van der Waals surface area contributed by atoms with Gasteiger partial charge in [0.15, 0.2) is 0 Å². The Morgan fingerprint density at radius 2 is 2.26 bits per heavy atom. The molecule has 0 atom stereocenters. The molecule has 4 nitrogen and oxygen atoms in total. The van der Waals surface area contributed by atoms with Crippen molar-refractivity contribution in [2.45, 2.75) is 11.8 Å². The van der Waals surface area contributed by atoms with Gasteiger partial charge in [0, 0.05) is 24.1 Å². The van der Waals surface area contributed by atoms with Gasteiger partial charge >= 0.3 is 0 Å². The van der Waals surface area contributed by atoms with Crippen molar-refractivity contribution >= 4 is 44.5 Å². The monoisotopic (exact) mass is 336 g/mol. The van der Waals surface area contributed by atoms with Gasteiger partial charge < -0.3 is 9.71 Å². The zero-order chi connectivity index (χ0) is 13.4. The fraction of sp³-hybridized carbons (Fsp3) is 0.154. The average molecular weight is 337 g/mol. The molecule has 0 bridgehead atoms. The molecule has 0 saturated heterocycles. The lowest BCUT2D eigenvalue weighted by Crippen LogP contribution is -1.90. The molecule has 0 aliphatic rings. The number of aromatic nitrogens is 3. The van der Waals surface area contributed by atoms with E-state index in [4.69, 9.17) is 0 Å². The van der Waals surface area contributed by atoms with E-state index in [9.17, 15) is 0 Å². The smallest absolute Gasteiger partial charge is 0.127 e. The molecule has 19 heavy (non-hydrogen) atoms. The topological polar surface area (TPSA) is 45.6 Å². The predicted molar refractivity (Wildman–Crippen MR) is 83.4 cm³/mol. The van der Waals surface area contributed by atoms with Crippen LogP contribution in [0.25, 0.3) is 10.9 Å². The minimum absolute atomic E-state index is 0.940. The largest absolute Gasteiger partial charge is 0.360 e. The summed E-state index contributed by atoms with van der Waals surface area (Å²) in [6.07, 6.45) is 3.82. The number of rotatable bonds is 3. The molecule has 0 aliphatic carbocycles. The molecule has 0 unspecified atom stereocenters. The molecule has 0 spiro atoms. The van der Waals surface area contributed by atoms with Gasteiger partial charge in [0.25, 0.3) is 0 Å². The molecule has 3 rings (SSSR count). The van der Waals surface area contributed by atoms with Crippen molar-refractivity contribution in [3.63, 3.8) is 0 Å². The van der Waals surface area contributed by atoms with Crippen LogP contribution < -0.4 is 4.72 Å². The maximum absolute atomic E-state index is 4.18. The summed E-state index contributed by atoms with van der Waals surface area (Å²) in [7, 11) is 1.90. The normalized spacial score (nSPS) is 11.1. The highest BCUT2D eigenvalue weighted by molar-refractivity contribution is 9.10. The summed E-state index contributed by atoms with van der Waals surface area (Å²) in [6, 6.07) is 6.42. The highest BCUT2D eigenvalue weighted by atomic mass is 79.9. The lowest BCUT2D eigenvalue weighted by Gasteiger charge is -2.02. The van der Waals surface area contributed by atoms with Gasteiger partial charge in [-0.25, -0.2) is 0 Å². The third kappa shape index (κ3) is 2.37. The second-order valence-corrected chi connectivity index (χ2v) is 5.98. The number of H-pyrrole nitrogens is 1. The summed E-state index contributed by atoms with van der Waals surface area (Å²) < 4.78 is 6.03. The zero-order valence-corrected chi connectivity index (χ0v) is 13.0. The number of anilines is 1. The van der Waals surface area contributed by atoms with Crippen LogP contribution in [0.15, 0.2) is 40.1 Å². The van der Waals surface area contributed by atoms with Crippen LogP contribution in [0.4, 0.5) is 5.69 Å². The van der Waals surface area contributed by atoms with Gasteiger partial charge in [-0.2, -0.15) is 5.10 Å². The quantitative estimate of drug-likeness (QED) is 0.708. The number of nitrogens with zero attached hydrogens (tertiary/aromatic N) is 2. The number of hydrogen-bond acceptors (Lipinski definition) is 3. The second-order valence-electron chi connectivity index (χ2n) is 4.38. The fourth-order valence-electron chi connectivity index (χ4n) is 1.90. The molecular weight excluding hydrogens is 324 g/mol. The second kappa shape index (κ2) is 4.94. The van der Waals surface area contributed by atoms with Crippen LogP contribution in [-0.4, -0.2) is 14.8 Å². The third-order valence-corrected chi connectivity index (χ3v) is 4.76. The lowest BCUT2D eigenvalue weighted by atomic mass is 10.2. The van der Waals surface area contributed by atoms with Gasteiger partial charge in [0.1, 0.15) is 4.60 Å². The Bertz CT molecular complexity index is 731. The van der Waals surface area contributed by atoms with E-state index in [-0.39, 0.29) is 0 Å². The summed E-state index contributed by atoms with van der Waals surface area (Å²) >= 11 is 5.07. The first-order valence-corrected chi connectivity index (χ1v) is 7.44. The van der Waals surface area contributed by atoms with E-state index < -0.39 is 0 Å². The van der Waals surface area contributed by atoms with E-state index in [0.29, 0.717) is 0 Å². The molecule has 0 fully saturated rings. The van der Waals surface area contributed by atoms with Crippen LogP contribution >= 0.6 is 27.9 Å². The van der Waals surface area contributed by atoms with Crippen LogP contribution in [0, 0.1) is 6.92 Å². The summed E-state index contributed by atoms with van der Waals surface area (Å²) in [5.41, 5.74) is 3.39. The van der Waals surface area contributed by atoms with Crippen molar-refractivity contribution in [1.82, 2.24) is 14.8 Å². The number of fused-ring (bicyclic) bond motifs is 1. The number of nitrogens with one attached hydrogen (secondary N) is 2. The Kier molecular flexibility index (Phi) is 3.28. The SMILES string of the molecule is Cc1ccc2c(SNc3cnn(C)c3Br)c[nH]c2c1. The van der Waals surface area contributed by atoms with Gasteiger partial charge in [-0.3, -0.25) is 4.68 Å². The maximum atomic E-state index is 4.18. The number of benzene rings is 1. The van der Waals surface area contributed by atoms with Crippen LogP contribution in [0.3, 0.4) is 0 Å². The predicted octanol–water partition coefficient (Wildman–Crippen LogP) is 4.09. The van der Waals surface area contributed by atoms with E-state index >= 15 is 0 Å². The molecule has 1 aromatic carbocycles. The molecule has 2 aromatic heterocycles. The Balaban J connectivity index is 1.84. The van der Waals surface area contributed by atoms with E-state index in [2.05, 4.69) is 55.9 Å². The van der Waals surface area contributed by atoms with Gasteiger partial charge in [-0.15, -0.1) is 0 Å². The van der Waals surface area contributed by atoms with E-state index in [1.807, 2.05) is 13.2 Å². The van der Waals surface area contributed by atoms with Crippen molar-refractivity contribution in [3.05, 3.63) is 40.8 Å². The average Bonchev–Trinajstić information content (AvgIpc) is 2.93. The Hall–Kier alpha value is -1.40. The third-order valence-electron chi connectivity index (χ3n) is 2.94. The molecule has 0 radical (unpaired) electrons. The highest BCUT2D eigenvalue weighted by Crippen LogP contribution is 2.31. The summed E-state index contributed by atoms with van der Waals surface area (Å²) in [5.74, 6) is 0. The molecular formula is C13H13BrN4S. The van der Waals surface area contributed by atoms with Crippen molar-refractivity contribution < 1.29 is 0 Å².